The molecule has 0 aliphatic rings. The zero-order chi connectivity index (χ0) is 13.8. The standard InChI is InChI=1S/C14H18N4O/c1-9-10(2)18-14(8-16-9)17-7-11-4-5-13(19-3)12(15)6-11/h4-6,8H,7,15H2,1-3H3,(H,17,18). The quantitative estimate of drug-likeness (QED) is 0.823. The molecule has 0 saturated heterocycles. The summed E-state index contributed by atoms with van der Waals surface area (Å²) in [4.78, 5) is 8.68. The molecule has 1 heterocycles. The molecule has 2 rings (SSSR count). The van der Waals surface area contributed by atoms with E-state index in [1.807, 2.05) is 32.0 Å². The molecule has 0 aliphatic carbocycles. The molecular weight excluding hydrogens is 240 g/mol. The third-order valence-electron chi connectivity index (χ3n) is 2.96. The zero-order valence-electron chi connectivity index (χ0n) is 11.4. The molecule has 0 atom stereocenters. The molecule has 0 unspecified atom stereocenters. The van der Waals surface area contributed by atoms with E-state index in [-0.39, 0.29) is 0 Å². The monoisotopic (exact) mass is 258 g/mol. The van der Waals surface area contributed by atoms with Crippen LogP contribution in [-0.4, -0.2) is 17.1 Å². The molecule has 0 saturated carbocycles. The van der Waals surface area contributed by atoms with Crippen LogP contribution in [0.4, 0.5) is 11.5 Å². The van der Waals surface area contributed by atoms with Crippen LogP contribution in [-0.2, 0) is 6.54 Å². The van der Waals surface area contributed by atoms with Gasteiger partial charge in [0.1, 0.15) is 11.6 Å². The molecule has 0 amide bonds. The molecule has 0 aliphatic heterocycles. The molecule has 1 aromatic carbocycles. The van der Waals surface area contributed by atoms with Crippen molar-refractivity contribution in [3.63, 3.8) is 0 Å². The van der Waals surface area contributed by atoms with Gasteiger partial charge in [-0.3, -0.25) is 4.98 Å². The van der Waals surface area contributed by atoms with Gasteiger partial charge in [0.25, 0.3) is 0 Å². The second kappa shape index (κ2) is 5.56. The zero-order valence-corrected chi connectivity index (χ0v) is 11.4. The molecule has 5 heteroatoms. The van der Waals surface area contributed by atoms with Crippen molar-refractivity contribution in [1.29, 1.82) is 0 Å². The number of aromatic nitrogens is 2. The molecule has 5 nitrogen and oxygen atoms in total. The Kier molecular flexibility index (Phi) is 3.85. The van der Waals surface area contributed by atoms with Crippen LogP contribution in [0.3, 0.4) is 0 Å². The Hall–Kier alpha value is -2.30. The predicted octanol–water partition coefficient (Wildman–Crippen LogP) is 2.30. The number of methoxy groups -OCH3 is 1. The molecule has 3 N–H and O–H groups in total. The molecule has 19 heavy (non-hydrogen) atoms. The fraction of sp³-hybridized carbons (Fsp3) is 0.286. The lowest BCUT2D eigenvalue weighted by Gasteiger charge is -2.09. The summed E-state index contributed by atoms with van der Waals surface area (Å²) in [5.74, 6) is 1.45. The minimum absolute atomic E-state index is 0.632. The van der Waals surface area contributed by atoms with E-state index < -0.39 is 0 Å². The second-order valence-electron chi connectivity index (χ2n) is 4.36. The first-order valence-electron chi connectivity index (χ1n) is 6.06. The molecule has 0 spiro atoms. The molecule has 0 radical (unpaired) electrons. The number of hydrogen-bond acceptors (Lipinski definition) is 5. The van der Waals surface area contributed by atoms with E-state index in [4.69, 9.17) is 10.5 Å². The van der Waals surface area contributed by atoms with Crippen molar-refractivity contribution in [2.75, 3.05) is 18.2 Å². The van der Waals surface area contributed by atoms with Crippen molar-refractivity contribution < 1.29 is 4.74 Å². The highest BCUT2D eigenvalue weighted by Crippen LogP contribution is 2.22. The average Bonchev–Trinajstić information content (AvgIpc) is 2.40. The van der Waals surface area contributed by atoms with Crippen molar-refractivity contribution in [2.45, 2.75) is 20.4 Å². The van der Waals surface area contributed by atoms with Gasteiger partial charge in [0, 0.05) is 6.54 Å². The summed E-state index contributed by atoms with van der Waals surface area (Å²) in [5, 5.41) is 3.22. The third-order valence-corrected chi connectivity index (χ3v) is 2.96. The number of nitrogens with one attached hydrogen (secondary N) is 1. The summed E-state index contributed by atoms with van der Waals surface area (Å²) in [5.41, 5.74) is 9.44. The first-order chi connectivity index (χ1) is 9.10. The van der Waals surface area contributed by atoms with Gasteiger partial charge in [-0.05, 0) is 31.5 Å². The van der Waals surface area contributed by atoms with Crippen molar-refractivity contribution in [1.82, 2.24) is 9.97 Å². The van der Waals surface area contributed by atoms with Crippen LogP contribution in [0, 0.1) is 13.8 Å². The van der Waals surface area contributed by atoms with E-state index in [1.165, 1.54) is 0 Å². The van der Waals surface area contributed by atoms with Gasteiger partial charge in [-0.2, -0.15) is 0 Å². The van der Waals surface area contributed by atoms with Crippen LogP contribution in [0.25, 0.3) is 0 Å². The topological polar surface area (TPSA) is 73.1 Å². The van der Waals surface area contributed by atoms with Gasteiger partial charge in [-0.25, -0.2) is 4.98 Å². The van der Waals surface area contributed by atoms with E-state index in [1.54, 1.807) is 13.3 Å². The lowest BCUT2D eigenvalue weighted by atomic mass is 10.2. The minimum atomic E-state index is 0.632. The van der Waals surface area contributed by atoms with Crippen molar-refractivity contribution in [2.24, 2.45) is 0 Å². The molecule has 0 fully saturated rings. The average molecular weight is 258 g/mol. The smallest absolute Gasteiger partial charge is 0.145 e. The lowest BCUT2D eigenvalue weighted by molar-refractivity contribution is 0.417. The Labute approximate surface area is 112 Å². The van der Waals surface area contributed by atoms with E-state index in [0.29, 0.717) is 18.0 Å². The highest BCUT2D eigenvalue weighted by molar-refractivity contribution is 5.54. The van der Waals surface area contributed by atoms with Crippen molar-refractivity contribution in [3.8, 4) is 5.75 Å². The Morgan fingerprint density at radius 2 is 2.05 bits per heavy atom. The van der Waals surface area contributed by atoms with E-state index in [9.17, 15) is 0 Å². The van der Waals surface area contributed by atoms with Crippen LogP contribution in [0.2, 0.25) is 0 Å². The molecule has 100 valence electrons. The minimum Gasteiger partial charge on any atom is -0.495 e. The fourth-order valence-corrected chi connectivity index (χ4v) is 1.71. The highest BCUT2D eigenvalue weighted by atomic mass is 16.5. The van der Waals surface area contributed by atoms with Crippen molar-refractivity contribution >= 4 is 11.5 Å². The molecule has 1 aromatic heterocycles. The largest absolute Gasteiger partial charge is 0.495 e. The Morgan fingerprint density at radius 1 is 1.26 bits per heavy atom. The molecule has 2 aromatic rings. The maximum absolute atomic E-state index is 5.86. The number of nitrogens with zero attached hydrogens (tertiary/aromatic N) is 2. The Morgan fingerprint density at radius 3 is 2.68 bits per heavy atom. The summed E-state index contributed by atoms with van der Waals surface area (Å²) in [6.45, 7) is 4.53. The van der Waals surface area contributed by atoms with E-state index in [2.05, 4.69) is 15.3 Å². The summed E-state index contributed by atoms with van der Waals surface area (Å²) in [7, 11) is 1.61. The third kappa shape index (κ3) is 3.13. The van der Waals surface area contributed by atoms with Crippen LogP contribution in [0.5, 0.6) is 5.75 Å². The van der Waals surface area contributed by atoms with Gasteiger partial charge in [0.15, 0.2) is 0 Å². The first-order valence-corrected chi connectivity index (χ1v) is 6.06. The van der Waals surface area contributed by atoms with Gasteiger partial charge in [-0.15, -0.1) is 0 Å². The number of nitrogens with two attached hydrogens (primary N) is 1. The summed E-state index contributed by atoms with van der Waals surface area (Å²) >= 11 is 0. The Balaban J connectivity index is 2.05. The maximum atomic E-state index is 5.86. The van der Waals surface area contributed by atoms with Crippen LogP contribution in [0.15, 0.2) is 24.4 Å². The molecular formula is C14H18N4O. The Bertz CT molecular complexity index is 584. The van der Waals surface area contributed by atoms with E-state index >= 15 is 0 Å². The van der Waals surface area contributed by atoms with Crippen LogP contribution >= 0.6 is 0 Å². The fourth-order valence-electron chi connectivity index (χ4n) is 1.71. The van der Waals surface area contributed by atoms with Crippen molar-refractivity contribution in [3.05, 3.63) is 41.3 Å². The number of benzene rings is 1. The van der Waals surface area contributed by atoms with Gasteiger partial charge in [0.05, 0.1) is 30.4 Å². The SMILES string of the molecule is COc1ccc(CNc2cnc(C)c(C)n2)cc1N. The molecule has 0 bridgehead atoms. The summed E-state index contributed by atoms with van der Waals surface area (Å²) in [6, 6.07) is 5.72. The first kappa shape index (κ1) is 13.1. The number of aryl methyl sites for hydroxylation is 2. The number of rotatable bonds is 4. The number of nitrogen functional groups attached to an aromatic ring is 1. The number of ether oxygens (including phenoxy) is 1. The van der Waals surface area contributed by atoms with Crippen LogP contribution in [0.1, 0.15) is 17.0 Å². The normalized spacial score (nSPS) is 10.3. The van der Waals surface area contributed by atoms with Gasteiger partial charge in [0.2, 0.25) is 0 Å². The number of anilines is 2. The lowest BCUT2D eigenvalue weighted by Crippen LogP contribution is -2.04. The maximum Gasteiger partial charge on any atom is 0.145 e. The van der Waals surface area contributed by atoms with Crippen LogP contribution < -0.4 is 15.8 Å². The van der Waals surface area contributed by atoms with Gasteiger partial charge in [-0.1, -0.05) is 6.07 Å². The summed E-state index contributed by atoms with van der Waals surface area (Å²) < 4.78 is 5.12. The van der Waals surface area contributed by atoms with E-state index in [0.717, 1.165) is 22.8 Å². The van der Waals surface area contributed by atoms with Gasteiger partial charge >= 0.3 is 0 Å². The summed E-state index contributed by atoms with van der Waals surface area (Å²) in [6.07, 6.45) is 1.73. The van der Waals surface area contributed by atoms with Gasteiger partial charge < -0.3 is 15.8 Å². The number of hydrogen-bond donors (Lipinski definition) is 2. The second-order valence-corrected chi connectivity index (χ2v) is 4.36. The highest BCUT2D eigenvalue weighted by Gasteiger charge is 2.02. The predicted molar refractivity (Wildman–Crippen MR) is 76.2 cm³/mol.